The SMILES string of the molecule is C=Cc1c(C=C)n(C2=CCCC=C2c2ccccc2)c2ccc(-c3ccc4c(c3)c3ccccc3n4-c3cccc(-c4cccc(-c5ccccc5)c4)c3)cc12. The Morgan fingerprint density at radius 3 is 1.68 bits per heavy atom. The lowest BCUT2D eigenvalue weighted by Crippen LogP contribution is -2.05. The predicted octanol–water partition coefficient (Wildman–Crippen LogP) is 14.7. The van der Waals surface area contributed by atoms with Crippen LogP contribution in [0.3, 0.4) is 0 Å². The van der Waals surface area contributed by atoms with Gasteiger partial charge in [-0.1, -0.05) is 153 Å². The molecular weight excluding hydrogens is 677 g/mol. The molecule has 0 amide bonds. The summed E-state index contributed by atoms with van der Waals surface area (Å²) in [5.74, 6) is 0. The monoisotopic (exact) mass is 716 g/mol. The number of hydrogen-bond donors (Lipinski definition) is 0. The van der Waals surface area contributed by atoms with E-state index in [1.165, 1.54) is 77.4 Å². The first kappa shape index (κ1) is 33.4. The van der Waals surface area contributed by atoms with Gasteiger partial charge < -0.3 is 9.13 Å². The first-order valence-electron chi connectivity index (χ1n) is 19.4. The van der Waals surface area contributed by atoms with Crippen LogP contribution in [0.2, 0.25) is 0 Å². The topological polar surface area (TPSA) is 9.86 Å². The van der Waals surface area contributed by atoms with E-state index >= 15 is 0 Å². The highest BCUT2D eigenvalue weighted by Crippen LogP contribution is 2.41. The van der Waals surface area contributed by atoms with Crippen LogP contribution in [-0.2, 0) is 0 Å². The number of benzene rings is 7. The minimum Gasteiger partial charge on any atom is -0.309 e. The van der Waals surface area contributed by atoms with E-state index in [-0.39, 0.29) is 0 Å². The lowest BCUT2D eigenvalue weighted by Gasteiger charge is -2.21. The Kier molecular flexibility index (Phi) is 8.30. The van der Waals surface area contributed by atoms with Crippen LogP contribution in [0, 0.1) is 0 Å². The van der Waals surface area contributed by atoms with Gasteiger partial charge in [0, 0.05) is 38.7 Å². The van der Waals surface area contributed by atoms with Crippen LogP contribution in [-0.4, -0.2) is 9.13 Å². The molecule has 0 radical (unpaired) electrons. The number of aromatic nitrogens is 2. The largest absolute Gasteiger partial charge is 0.309 e. The highest BCUT2D eigenvalue weighted by Gasteiger charge is 2.22. The van der Waals surface area contributed by atoms with E-state index in [0.717, 1.165) is 35.3 Å². The summed E-state index contributed by atoms with van der Waals surface area (Å²) < 4.78 is 4.79. The molecule has 0 fully saturated rings. The first-order chi connectivity index (χ1) is 27.7. The van der Waals surface area contributed by atoms with Gasteiger partial charge in [0.1, 0.15) is 0 Å². The van der Waals surface area contributed by atoms with Gasteiger partial charge in [0.25, 0.3) is 0 Å². The lowest BCUT2D eigenvalue weighted by molar-refractivity contribution is 1.01. The Hall–Kier alpha value is -7.16. The van der Waals surface area contributed by atoms with Gasteiger partial charge in [-0.3, -0.25) is 0 Å². The summed E-state index contributed by atoms with van der Waals surface area (Å²) in [5.41, 5.74) is 17.7. The van der Waals surface area contributed by atoms with Crippen molar-refractivity contribution < 1.29 is 0 Å². The van der Waals surface area contributed by atoms with Crippen LogP contribution in [0.5, 0.6) is 0 Å². The smallest absolute Gasteiger partial charge is 0.0541 e. The Morgan fingerprint density at radius 2 is 0.946 bits per heavy atom. The van der Waals surface area contributed by atoms with Gasteiger partial charge in [-0.15, -0.1) is 0 Å². The molecule has 0 spiro atoms. The van der Waals surface area contributed by atoms with Gasteiger partial charge in [-0.05, 0) is 106 Å². The third-order valence-corrected chi connectivity index (χ3v) is 11.3. The quantitative estimate of drug-likeness (QED) is 0.148. The average molecular weight is 717 g/mol. The Balaban J connectivity index is 1.08. The summed E-state index contributed by atoms with van der Waals surface area (Å²) >= 11 is 0. The van der Waals surface area contributed by atoms with Gasteiger partial charge >= 0.3 is 0 Å². The van der Waals surface area contributed by atoms with Crippen molar-refractivity contribution in [1.29, 1.82) is 0 Å². The van der Waals surface area contributed by atoms with Crippen LogP contribution in [0.4, 0.5) is 0 Å². The van der Waals surface area contributed by atoms with Crippen molar-refractivity contribution in [3.63, 3.8) is 0 Å². The van der Waals surface area contributed by atoms with Crippen molar-refractivity contribution in [1.82, 2.24) is 9.13 Å². The van der Waals surface area contributed by atoms with E-state index in [1.807, 2.05) is 12.2 Å². The Bertz CT molecular complexity index is 3040. The van der Waals surface area contributed by atoms with Gasteiger partial charge in [0.05, 0.1) is 22.2 Å². The molecule has 1 aliphatic rings. The van der Waals surface area contributed by atoms with E-state index in [4.69, 9.17) is 0 Å². The summed E-state index contributed by atoms with van der Waals surface area (Å²) in [6.45, 7) is 8.56. The first-order valence-corrected chi connectivity index (χ1v) is 19.4. The van der Waals surface area contributed by atoms with Crippen molar-refractivity contribution in [2.45, 2.75) is 12.8 Å². The molecule has 10 rings (SSSR count). The molecule has 0 bridgehead atoms. The van der Waals surface area contributed by atoms with E-state index in [0.29, 0.717) is 0 Å². The molecule has 0 unspecified atom stereocenters. The summed E-state index contributed by atoms with van der Waals surface area (Å²) in [6, 6.07) is 61.6. The van der Waals surface area contributed by atoms with Crippen molar-refractivity contribution >= 4 is 56.1 Å². The third kappa shape index (κ3) is 5.58. The van der Waals surface area contributed by atoms with Gasteiger partial charge in [0.2, 0.25) is 0 Å². The summed E-state index contributed by atoms with van der Waals surface area (Å²) in [6.07, 6.45) is 10.7. The van der Waals surface area contributed by atoms with Crippen LogP contribution in [0.15, 0.2) is 195 Å². The normalized spacial score (nSPS) is 12.9. The van der Waals surface area contributed by atoms with Gasteiger partial charge in [0.15, 0.2) is 0 Å². The average Bonchev–Trinajstić information content (AvgIpc) is 3.78. The molecule has 266 valence electrons. The standard InChI is InChI=1S/C54H40N2/c1-3-45-48-35-42(30-32-54(48)56(50(45)4-2)51-27-13-11-25-46(51)38-19-9-6-10-20-38)43-29-31-53-49(36-43)47-26-12-14-28-52(47)55(53)44-24-16-23-41(34-44)40-22-15-21-39(33-40)37-17-7-5-8-18-37/h3-10,12,14-36H,1-2,11,13H2. The summed E-state index contributed by atoms with van der Waals surface area (Å²) in [5, 5.41) is 3.63. The second-order valence-electron chi connectivity index (χ2n) is 14.5. The molecule has 0 saturated carbocycles. The number of nitrogens with zero attached hydrogens (tertiary/aromatic N) is 2. The minimum absolute atomic E-state index is 1.00. The fourth-order valence-corrected chi connectivity index (χ4v) is 8.71. The molecule has 9 aromatic rings. The van der Waals surface area contributed by atoms with E-state index in [9.17, 15) is 0 Å². The molecule has 2 aromatic heterocycles. The molecule has 0 atom stereocenters. The van der Waals surface area contributed by atoms with E-state index < -0.39 is 0 Å². The molecule has 56 heavy (non-hydrogen) atoms. The fourth-order valence-electron chi connectivity index (χ4n) is 8.71. The highest BCUT2D eigenvalue weighted by atomic mass is 15.0. The van der Waals surface area contributed by atoms with Gasteiger partial charge in [-0.25, -0.2) is 0 Å². The fraction of sp³-hybridized carbons (Fsp3) is 0.0370. The van der Waals surface area contributed by atoms with Crippen molar-refractivity contribution in [3.8, 4) is 39.1 Å². The van der Waals surface area contributed by atoms with Crippen LogP contribution in [0.25, 0.3) is 95.2 Å². The van der Waals surface area contributed by atoms with E-state index in [1.54, 1.807) is 0 Å². The number of hydrogen-bond acceptors (Lipinski definition) is 0. The molecule has 1 aliphatic carbocycles. The second-order valence-corrected chi connectivity index (χ2v) is 14.5. The maximum atomic E-state index is 4.28. The molecule has 2 heteroatoms. The number of fused-ring (bicyclic) bond motifs is 4. The van der Waals surface area contributed by atoms with Crippen LogP contribution in [0.1, 0.15) is 29.7 Å². The molecule has 2 heterocycles. The predicted molar refractivity (Wildman–Crippen MR) is 241 cm³/mol. The maximum Gasteiger partial charge on any atom is 0.0541 e. The van der Waals surface area contributed by atoms with E-state index in [2.05, 4.69) is 204 Å². The molecule has 0 aliphatic heterocycles. The molecular formula is C54H40N2. The maximum absolute atomic E-state index is 4.28. The molecule has 2 nitrogen and oxygen atoms in total. The zero-order valence-electron chi connectivity index (χ0n) is 31.2. The Labute approximate surface area is 327 Å². The van der Waals surface area contributed by atoms with Crippen LogP contribution < -0.4 is 0 Å². The third-order valence-electron chi connectivity index (χ3n) is 11.3. The second kappa shape index (κ2) is 13.9. The van der Waals surface area contributed by atoms with Crippen LogP contribution >= 0.6 is 0 Å². The zero-order chi connectivity index (χ0) is 37.6. The van der Waals surface area contributed by atoms with Crippen molar-refractivity contribution in [3.05, 3.63) is 212 Å². The highest BCUT2D eigenvalue weighted by molar-refractivity contribution is 6.11. The number of allylic oxidation sites excluding steroid dienone is 4. The lowest BCUT2D eigenvalue weighted by atomic mass is 9.96. The van der Waals surface area contributed by atoms with Crippen molar-refractivity contribution in [2.75, 3.05) is 0 Å². The number of rotatable bonds is 8. The number of para-hydroxylation sites is 1. The Morgan fingerprint density at radius 1 is 0.393 bits per heavy atom. The van der Waals surface area contributed by atoms with Crippen molar-refractivity contribution in [2.24, 2.45) is 0 Å². The zero-order valence-corrected chi connectivity index (χ0v) is 31.2. The molecule has 0 saturated heterocycles. The summed E-state index contributed by atoms with van der Waals surface area (Å²) in [4.78, 5) is 0. The molecule has 7 aromatic carbocycles. The summed E-state index contributed by atoms with van der Waals surface area (Å²) in [7, 11) is 0. The minimum atomic E-state index is 1.00. The van der Waals surface area contributed by atoms with Gasteiger partial charge in [-0.2, -0.15) is 0 Å². The molecule has 0 N–H and O–H groups in total.